The second-order valence-corrected chi connectivity index (χ2v) is 8.67. The van der Waals surface area contributed by atoms with Crippen LogP contribution in [0.1, 0.15) is 12.0 Å². The van der Waals surface area contributed by atoms with Gasteiger partial charge in [-0.1, -0.05) is 29.3 Å². The molecule has 0 radical (unpaired) electrons. The molecule has 1 fully saturated rings. The molecule has 0 unspecified atom stereocenters. The number of hydrogen-bond acceptors (Lipinski definition) is 4. The second kappa shape index (κ2) is 8.31. The first-order chi connectivity index (χ1) is 15.5. The van der Waals surface area contributed by atoms with Gasteiger partial charge in [0.1, 0.15) is 11.0 Å². The number of aromatic nitrogens is 3. The Kier molecular flexibility index (Phi) is 5.35. The molecular weight excluding hydrogens is 426 g/mol. The number of piperazine rings is 1. The number of carbonyl (C=O) groups is 1. The quantitative estimate of drug-likeness (QED) is 0.516. The molecule has 2 aromatic carbocycles. The molecule has 8 heteroatoms. The highest BCUT2D eigenvalue weighted by molar-refractivity contribution is 6.30. The third kappa shape index (κ3) is 3.84. The van der Waals surface area contributed by atoms with E-state index in [1.165, 1.54) is 4.57 Å². The lowest BCUT2D eigenvalue weighted by atomic mass is 10.2. The third-order valence-electron chi connectivity index (χ3n) is 6.10. The Morgan fingerprint density at radius 1 is 1.12 bits per heavy atom. The summed E-state index contributed by atoms with van der Waals surface area (Å²) in [6.07, 6.45) is 1.81. The number of nitrogens with one attached hydrogen (secondary N) is 1. The molecule has 2 aromatic heterocycles. The van der Waals surface area contributed by atoms with Crippen LogP contribution >= 0.6 is 11.6 Å². The van der Waals surface area contributed by atoms with Gasteiger partial charge in [-0.05, 0) is 37.3 Å². The van der Waals surface area contributed by atoms with E-state index in [9.17, 15) is 9.59 Å². The SMILES string of the molecule is Cc1ccc2[nH]c3c(=O)n(CCC(=O)N4CCN(c5cccc(Cl)c5)CC4)cnc3c2c1. The number of hydrogen-bond donors (Lipinski definition) is 1. The summed E-state index contributed by atoms with van der Waals surface area (Å²) in [7, 11) is 0. The number of aryl methyl sites for hydroxylation is 2. The second-order valence-electron chi connectivity index (χ2n) is 8.24. The molecule has 32 heavy (non-hydrogen) atoms. The molecular formula is C24H24ClN5O2. The Labute approximate surface area is 190 Å². The summed E-state index contributed by atoms with van der Waals surface area (Å²) in [6, 6.07) is 13.8. The molecule has 4 aromatic rings. The first-order valence-corrected chi connectivity index (χ1v) is 11.1. The average Bonchev–Trinajstić information content (AvgIpc) is 3.17. The summed E-state index contributed by atoms with van der Waals surface area (Å²) in [4.78, 5) is 37.5. The van der Waals surface area contributed by atoms with Crippen molar-refractivity contribution in [1.29, 1.82) is 0 Å². The van der Waals surface area contributed by atoms with Gasteiger partial charge < -0.3 is 14.8 Å². The van der Waals surface area contributed by atoms with Crippen molar-refractivity contribution in [2.75, 3.05) is 31.1 Å². The molecule has 5 rings (SSSR count). The number of amides is 1. The molecule has 1 aliphatic rings. The van der Waals surface area contributed by atoms with E-state index in [-0.39, 0.29) is 17.9 Å². The van der Waals surface area contributed by atoms with Gasteiger partial charge >= 0.3 is 0 Å². The van der Waals surface area contributed by atoms with Crippen LogP contribution in [-0.4, -0.2) is 51.5 Å². The largest absolute Gasteiger partial charge is 0.368 e. The lowest BCUT2D eigenvalue weighted by Gasteiger charge is -2.36. The van der Waals surface area contributed by atoms with Gasteiger partial charge in [0, 0.05) is 60.8 Å². The maximum Gasteiger partial charge on any atom is 0.277 e. The van der Waals surface area contributed by atoms with E-state index in [1.807, 2.05) is 54.3 Å². The number of fused-ring (bicyclic) bond motifs is 3. The molecule has 0 saturated carbocycles. The Balaban J connectivity index is 1.25. The maximum absolute atomic E-state index is 12.9. The van der Waals surface area contributed by atoms with E-state index in [2.05, 4.69) is 14.9 Å². The number of halogens is 1. The number of H-pyrrole nitrogens is 1. The standard InChI is InChI=1S/C24H24ClN5O2/c1-16-5-6-20-19(13-16)22-23(27-20)24(32)30(15-26-22)8-7-21(31)29-11-9-28(10-12-29)18-4-2-3-17(25)14-18/h2-6,13-15,27H,7-12H2,1H3. The summed E-state index contributed by atoms with van der Waals surface area (Å²) in [5.74, 6) is 0.0509. The number of aromatic amines is 1. The molecule has 1 amide bonds. The smallest absolute Gasteiger partial charge is 0.277 e. The molecule has 1 saturated heterocycles. The van der Waals surface area contributed by atoms with E-state index >= 15 is 0 Å². The third-order valence-corrected chi connectivity index (χ3v) is 6.34. The van der Waals surface area contributed by atoms with Gasteiger partial charge in [-0.3, -0.25) is 14.2 Å². The molecule has 0 aliphatic carbocycles. The minimum Gasteiger partial charge on any atom is -0.368 e. The van der Waals surface area contributed by atoms with Crippen LogP contribution in [0.3, 0.4) is 0 Å². The minimum absolute atomic E-state index is 0.0509. The lowest BCUT2D eigenvalue weighted by Crippen LogP contribution is -2.49. The highest BCUT2D eigenvalue weighted by atomic mass is 35.5. The molecule has 0 atom stereocenters. The first-order valence-electron chi connectivity index (χ1n) is 10.8. The maximum atomic E-state index is 12.9. The molecule has 164 valence electrons. The number of carbonyl (C=O) groups excluding carboxylic acids is 1. The van der Waals surface area contributed by atoms with Gasteiger partial charge in [0.15, 0.2) is 0 Å². The predicted octanol–water partition coefficient (Wildman–Crippen LogP) is 3.58. The van der Waals surface area contributed by atoms with Crippen molar-refractivity contribution in [2.45, 2.75) is 19.9 Å². The zero-order chi connectivity index (χ0) is 22.2. The van der Waals surface area contributed by atoms with E-state index in [0.717, 1.165) is 35.2 Å². The van der Waals surface area contributed by atoms with Gasteiger partial charge in [-0.15, -0.1) is 0 Å². The molecule has 7 nitrogen and oxygen atoms in total. The summed E-state index contributed by atoms with van der Waals surface area (Å²) in [5.41, 5.74) is 4.09. The Morgan fingerprint density at radius 2 is 1.94 bits per heavy atom. The van der Waals surface area contributed by atoms with Crippen molar-refractivity contribution in [1.82, 2.24) is 19.4 Å². The van der Waals surface area contributed by atoms with Crippen LogP contribution in [0.2, 0.25) is 5.02 Å². The average molecular weight is 450 g/mol. The Bertz CT molecular complexity index is 1370. The van der Waals surface area contributed by atoms with Gasteiger partial charge in [-0.25, -0.2) is 4.98 Å². The van der Waals surface area contributed by atoms with Crippen molar-refractivity contribution < 1.29 is 4.79 Å². The number of benzene rings is 2. The van der Waals surface area contributed by atoms with Gasteiger partial charge in [0.2, 0.25) is 5.91 Å². The van der Waals surface area contributed by atoms with Crippen LogP contribution in [-0.2, 0) is 11.3 Å². The monoisotopic (exact) mass is 449 g/mol. The van der Waals surface area contributed by atoms with Crippen molar-refractivity contribution >= 4 is 45.1 Å². The van der Waals surface area contributed by atoms with Crippen LogP contribution in [0.4, 0.5) is 5.69 Å². The van der Waals surface area contributed by atoms with Crippen molar-refractivity contribution in [3.63, 3.8) is 0 Å². The zero-order valence-corrected chi connectivity index (χ0v) is 18.6. The fourth-order valence-electron chi connectivity index (χ4n) is 4.32. The number of rotatable bonds is 4. The predicted molar refractivity (Wildman–Crippen MR) is 127 cm³/mol. The Hall–Kier alpha value is -3.32. The van der Waals surface area contributed by atoms with Crippen LogP contribution in [0.15, 0.2) is 53.6 Å². The molecule has 1 aliphatic heterocycles. The van der Waals surface area contributed by atoms with E-state index in [4.69, 9.17) is 11.6 Å². The van der Waals surface area contributed by atoms with E-state index in [1.54, 1.807) is 6.33 Å². The minimum atomic E-state index is -0.151. The fourth-order valence-corrected chi connectivity index (χ4v) is 4.51. The van der Waals surface area contributed by atoms with E-state index < -0.39 is 0 Å². The fraction of sp³-hybridized carbons (Fsp3) is 0.292. The van der Waals surface area contributed by atoms with Crippen molar-refractivity contribution in [3.8, 4) is 0 Å². The summed E-state index contributed by atoms with van der Waals surface area (Å²) in [5, 5.41) is 1.65. The highest BCUT2D eigenvalue weighted by Gasteiger charge is 2.21. The topological polar surface area (TPSA) is 74.2 Å². The Morgan fingerprint density at radius 3 is 2.72 bits per heavy atom. The summed E-state index contributed by atoms with van der Waals surface area (Å²) < 4.78 is 1.52. The van der Waals surface area contributed by atoms with Crippen LogP contribution in [0.5, 0.6) is 0 Å². The summed E-state index contributed by atoms with van der Waals surface area (Å²) in [6.45, 7) is 5.14. The summed E-state index contributed by atoms with van der Waals surface area (Å²) >= 11 is 6.10. The van der Waals surface area contributed by atoms with Crippen molar-refractivity contribution in [2.24, 2.45) is 0 Å². The highest BCUT2D eigenvalue weighted by Crippen LogP contribution is 2.23. The normalized spacial score (nSPS) is 14.4. The van der Waals surface area contributed by atoms with Crippen LogP contribution < -0.4 is 10.5 Å². The molecule has 0 bridgehead atoms. The lowest BCUT2D eigenvalue weighted by molar-refractivity contribution is -0.131. The van der Waals surface area contributed by atoms with Crippen LogP contribution in [0, 0.1) is 6.92 Å². The van der Waals surface area contributed by atoms with Gasteiger partial charge in [0.05, 0.1) is 6.33 Å². The van der Waals surface area contributed by atoms with E-state index in [0.29, 0.717) is 35.7 Å². The molecule has 1 N–H and O–H groups in total. The zero-order valence-electron chi connectivity index (χ0n) is 17.8. The van der Waals surface area contributed by atoms with Gasteiger partial charge in [-0.2, -0.15) is 0 Å². The first kappa shape index (κ1) is 20.6. The number of anilines is 1. The number of nitrogens with zero attached hydrogens (tertiary/aromatic N) is 4. The molecule has 0 spiro atoms. The van der Waals surface area contributed by atoms with Gasteiger partial charge in [0.25, 0.3) is 5.56 Å². The molecule has 3 heterocycles. The van der Waals surface area contributed by atoms with Crippen LogP contribution in [0.25, 0.3) is 21.9 Å². The van der Waals surface area contributed by atoms with Crippen molar-refractivity contribution in [3.05, 3.63) is 69.7 Å².